The molecule has 0 bridgehead atoms. The lowest BCUT2D eigenvalue weighted by molar-refractivity contribution is -0.137. The van der Waals surface area contributed by atoms with Crippen LogP contribution < -0.4 is 0 Å². The Kier molecular flexibility index (Phi) is 4.75. The molecule has 0 heterocycles. The smallest absolute Gasteiger partial charge is 0.417 e. The van der Waals surface area contributed by atoms with Gasteiger partial charge in [0.15, 0.2) is 0 Å². The lowest BCUT2D eigenvalue weighted by Gasteiger charge is -2.06. The number of hydrogen-bond donors (Lipinski definition) is 0. The van der Waals surface area contributed by atoms with E-state index in [0.717, 1.165) is 12.1 Å². The molecule has 0 spiro atoms. The maximum absolute atomic E-state index is 12.4. The molecule has 1 radical (unpaired) electrons. The lowest BCUT2D eigenvalue weighted by atomic mass is 10.1. The zero-order valence-electron chi connectivity index (χ0n) is 8.83. The second-order valence-electron chi connectivity index (χ2n) is 3.25. The molecular weight excluding hydrogens is 233 g/mol. The van der Waals surface area contributed by atoms with Crippen LogP contribution in [0.2, 0.25) is 0 Å². The maximum atomic E-state index is 12.4. The molecule has 0 atom stereocenters. The van der Waals surface area contributed by atoms with E-state index in [1.54, 1.807) is 18.2 Å². The molecule has 0 aliphatic heterocycles. The first-order valence-electron chi connectivity index (χ1n) is 4.87. The summed E-state index contributed by atoms with van der Waals surface area (Å²) in [6.45, 7) is 1.43. The monoisotopic (exact) mass is 243 g/mol. The normalized spacial score (nSPS) is 11.7. The summed E-state index contributed by atoms with van der Waals surface area (Å²) in [5, 5.41) is 0. The van der Waals surface area contributed by atoms with Gasteiger partial charge in [0.25, 0.3) is 0 Å². The average molecular weight is 243 g/mol. The van der Waals surface area contributed by atoms with E-state index in [1.165, 1.54) is 12.5 Å². The summed E-state index contributed by atoms with van der Waals surface area (Å²) in [5.74, 6) is 0. The van der Waals surface area contributed by atoms with Crippen LogP contribution in [-0.2, 0) is 15.7 Å². The van der Waals surface area contributed by atoms with E-state index >= 15 is 0 Å². The van der Waals surface area contributed by atoms with Gasteiger partial charge in [0.05, 0.1) is 12.2 Å². The van der Waals surface area contributed by atoms with Crippen molar-refractivity contribution in [1.82, 2.24) is 0 Å². The van der Waals surface area contributed by atoms with Gasteiger partial charge in [0.1, 0.15) is 0 Å². The molecule has 0 aliphatic carbocycles. The highest BCUT2D eigenvalue weighted by atomic mass is 19.4. The largest absolute Gasteiger partial charge is 0.457 e. The Morgan fingerprint density at radius 1 is 1.35 bits per heavy atom. The van der Waals surface area contributed by atoms with Crippen molar-refractivity contribution >= 4 is 12.5 Å². The predicted molar refractivity (Wildman–Crippen MR) is 56.7 cm³/mol. The highest BCUT2D eigenvalue weighted by molar-refractivity contribution is 5.50. The van der Waals surface area contributed by atoms with Crippen LogP contribution in [0.1, 0.15) is 17.5 Å². The molecule has 0 saturated heterocycles. The van der Waals surface area contributed by atoms with Crippen LogP contribution in [0.25, 0.3) is 6.08 Å². The minimum Gasteiger partial charge on any atom is -0.457 e. The van der Waals surface area contributed by atoms with Crippen LogP contribution in [0.3, 0.4) is 0 Å². The van der Waals surface area contributed by atoms with E-state index in [2.05, 4.69) is 4.74 Å². The van der Waals surface area contributed by atoms with E-state index in [0.29, 0.717) is 12.0 Å². The van der Waals surface area contributed by atoms with Gasteiger partial charge < -0.3 is 4.74 Å². The van der Waals surface area contributed by atoms with Gasteiger partial charge in [0.2, 0.25) is 0 Å². The molecule has 0 aliphatic rings. The Morgan fingerprint density at radius 2 is 2.12 bits per heavy atom. The van der Waals surface area contributed by atoms with Gasteiger partial charge in [-0.25, -0.2) is 4.79 Å². The van der Waals surface area contributed by atoms with E-state index in [9.17, 15) is 18.0 Å². The molecule has 0 amide bonds. The molecule has 1 aromatic carbocycles. The predicted octanol–water partition coefficient (Wildman–Crippen LogP) is 3.19. The SMILES string of the molecule is O=[C]OCCC=Cc1cccc(C(F)(F)F)c1. The minimum atomic E-state index is -4.33. The maximum Gasteiger partial charge on any atom is 0.417 e. The number of halogens is 3. The molecule has 5 heteroatoms. The Bertz CT molecular complexity index is 397. The van der Waals surface area contributed by atoms with Gasteiger partial charge in [-0.3, -0.25) is 0 Å². The van der Waals surface area contributed by atoms with Gasteiger partial charge >= 0.3 is 12.6 Å². The highest BCUT2D eigenvalue weighted by Crippen LogP contribution is 2.29. The van der Waals surface area contributed by atoms with Gasteiger partial charge in [-0.05, 0) is 24.1 Å². The van der Waals surface area contributed by atoms with Crippen LogP contribution in [0.4, 0.5) is 13.2 Å². The van der Waals surface area contributed by atoms with Gasteiger partial charge in [0, 0.05) is 0 Å². The van der Waals surface area contributed by atoms with E-state index < -0.39 is 11.7 Å². The average Bonchev–Trinajstić information content (AvgIpc) is 2.28. The van der Waals surface area contributed by atoms with Crippen molar-refractivity contribution in [3.05, 3.63) is 41.5 Å². The number of alkyl halides is 3. The summed E-state index contributed by atoms with van der Waals surface area (Å²) in [7, 11) is 0. The fourth-order valence-corrected chi connectivity index (χ4v) is 1.21. The van der Waals surface area contributed by atoms with Crippen molar-refractivity contribution in [3.63, 3.8) is 0 Å². The van der Waals surface area contributed by atoms with Crippen LogP contribution in [0, 0.1) is 0 Å². The van der Waals surface area contributed by atoms with Crippen molar-refractivity contribution < 1.29 is 22.7 Å². The Morgan fingerprint density at radius 3 is 2.76 bits per heavy atom. The van der Waals surface area contributed by atoms with Gasteiger partial charge in [-0.1, -0.05) is 24.3 Å². The van der Waals surface area contributed by atoms with Crippen molar-refractivity contribution in [2.75, 3.05) is 6.61 Å². The third kappa shape index (κ3) is 4.72. The van der Waals surface area contributed by atoms with E-state index in [-0.39, 0.29) is 6.61 Å². The van der Waals surface area contributed by atoms with Crippen molar-refractivity contribution in [1.29, 1.82) is 0 Å². The zero-order valence-corrected chi connectivity index (χ0v) is 8.83. The highest BCUT2D eigenvalue weighted by Gasteiger charge is 2.30. The summed E-state index contributed by atoms with van der Waals surface area (Å²) in [4.78, 5) is 9.70. The minimum absolute atomic E-state index is 0.166. The van der Waals surface area contributed by atoms with Crippen LogP contribution in [0.5, 0.6) is 0 Å². The number of carbonyl (C=O) groups excluding carboxylic acids is 1. The van der Waals surface area contributed by atoms with Gasteiger partial charge in [-0.2, -0.15) is 13.2 Å². The van der Waals surface area contributed by atoms with Crippen molar-refractivity contribution in [2.24, 2.45) is 0 Å². The molecule has 0 fully saturated rings. The lowest BCUT2D eigenvalue weighted by Crippen LogP contribution is -2.04. The molecule has 91 valence electrons. The molecule has 2 nitrogen and oxygen atoms in total. The van der Waals surface area contributed by atoms with Crippen molar-refractivity contribution in [3.8, 4) is 0 Å². The second-order valence-corrected chi connectivity index (χ2v) is 3.25. The van der Waals surface area contributed by atoms with E-state index in [4.69, 9.17) is 0 Å². The van der Waals surface area contributed by atoms with E-state index in [1.807, 2.05) is 0 Å². The molecule has 0 saturated carbocycles. The summed E-state index contributed by atoms with van der Waals surface area (Å²) in [6.07, 6.45) is -0.721. The van der Waals surface area contributed by atoms with Crippen LogP contribution in [-0.4, -0.2) is 13.1 Å². The number of hydrogen-bond acceptors (Lipinski definition) is 2. The molecule has 0 aromatic heterocycles. The molecule has 0 N–H and O–H groups in total. The second kappa shape index (κ2) is 6.08. The standard InChI is InChI=1S/C12H10F3O2/c13-12(14,15)11-6-3-5-10(8-11)4-1-2-7-17-9-16/h1,3-6,8H,2,7H2. The fraction of sp³-hybridized carbons (Fsp3) is 0.250. The summed E-state index contributed by atoms with van der Waals surface area (Å²) in [5.41, 5.74) is -0.230. The first-order chi connectivity index (χ1) is 8.04. The fourth-order valence-electron chi connectivity index (χ4n) is 1.21. The quantitative estimate of drug-likeness (QED) is 0.742. The molecule has 1 rings (SSSR count). The first kappa shape index (κ1) is 13.3. The topological polar surface area (TPSA) is 26.3 Å². The number of benzene rings is 1. The summed E-state index contributed by atoms with van der Waals surface area (Å²) < 4.78 is 41.4. The van der Waals surface area contributed by atoms with Crippen molar-refractivity contribution in [2.45, 2.75) is 12.6 Å². The Labute approximate surface area is 96.7 Å². The number of rotatable bonds is 5. The zero-order chi connectivity index (χ0) is 12.7. The number of ether oxygens (including phenoxy) is 1. The Balaban J connectivity index is 2.63. The summed E-state index contributed by atoms with van der Waals surface area (Å²) >= 11 is 0. The van der Waals surface area contributed by atoms with Crippen LogP contribution in [0.15, 0.2) is 30.3 Å². The first-order valence-corrected chi connectivity index (χ1v) is 4.87. The third-order valence-corrected chi connectivity index (χ3v) is 1.97. The van der Waals surface area contributed by atoms with Crippen LogP contribution >= 0.6 is 0 Å². The molecule has 17 heavy (non-hydrogen) atoms. The molecule has 0 unspecified atom stereocenters. The molecular formula is C12H10F3O2. The third-order valence-electron chi connectivity index (χ3n) is 1.97. The summed E-state index contributed by atoms with van der Waals surface area (Å²) in [6, 6.07) is 4.99. The van der Waals surface area contributed by atoms with Gasteiger partial charge in [-0.15, -0.1) is 0 Å². The Hall–Kier alpha value is -1.78. The molecule has 1 aromatic rings.